The molecule has 17 heavy (non-hydrogen) atoms. The first-order valence-electron chi connectivity index (χ1n) is 6.17. The highest BCUT2D eigenvalue weighted by atomic mass is 16.1. The zero-order chi connectivity index (χ0) is 11.7. The lowest BCUT2D eigenvalue weighted by molar-refractivity contribution is 0.0901. The maximum absolute atomic E-state index is 12.4. The van der Waals surface area contributed by atoms with E-state index in [0.29, 0.717) is 0 Å². The highest BCUT2D eigenvalue weighted by Gasteiger charge is 2.23. The van der Waals surface area contributed by atoms with Gasteiger partial charge in [-0.2, -0.15) is 0 Å². The molecule has 0 spiro atoms. The number of ketones is 1. The number of H-pyrrole nitrogens is 1. The van der Waals surface area contributed by atoms with Gasteiger partial charge < -0.3 is 10.3 Å². The zero-order valence-corrected chi connectivity index (χ0v) is 9.70. The van der Waals surface area contributed by atoms with Gasteiger partial charge in [-0.1, -0.05) is 18.2 Å². The third kappa shape index (κ3) is 1.87. The zero-order valence-electron chi connectivity index (χ0n) is 9.70. The molecule has 3 rings (SSSR count). The van der Waals surface area contributed by atoms with Crippen LogP contribution >= 0.6 is 0 Å². The van der Waals surface area contributed by atoms with Crippen molar-refractivity contribution in [2.24, 2.45) is 5.92 Å². The standard InChI is InChI=1S/C14H16N2O/c17-14(10-4-3-7-15-8-10)12-9-16-13-6-2-1-5-11(12)13/h1-2,5-6,9-10,15-16H,3-4,7-8H2. The summed E-state index contributed by atoms with van der Waals surface area (Å²) in [5.74, 6) is 0.414. The predicted octanol–water partition coefficient (Wildman–Crippen LogP) is 2.35. The molecule has 0 amide bonds. The summed E-state index contributed by atoms with van der Waals surface area (Å²) < 4.78 is 0. The van der Waals surface area contributed by atoms with Crippen molar-refractivity contribution in [1.82, 2.24) is 10.3 Å². The van der Waals surface area contributed by atoms with Crippen LogP contribution < -0.4 is 5.32 Å². The quantitative estimate of drug-likeness (QED) is 0.775. The number of Topliss-reactive ketones (excluding diaryl/α,β-unsaturated/α-hetero) is 1. The van der Waals surface area contributed by atoms with Crippen molar-refractivity contribution in [2.75, 3.05) is 13.1 Å². The fourth-order valence-corrected chi connectivity index (χ4v) is 2.57. The van der Waals surface area contributed by atoms with E-state index in [4.69, 9.17) is 0 Å². The largest absolute Gasteiger partial charge is 0.360 e. The van der Waals surface area contributed by atoms with Gasteiger partial charge in [0.1, 0.15) is 0 Å². The van der Waals surface area contributed by atoms with Gasteiger partial charge in [-0.25, -0.2) is 0 Å². The number of piperidine rings is 1. The molecule has 1 aromatic carbocycles. The number of benzene rings is 1. The summed E-state index contributed by atoms with van der Waals surface area (Å²) in [5.41, 5.74) is 1.88. The predicted molar refractivity (Wildman–Crippen MR) is 68.2 cm³/mol. The van der Waals surface area contributed by atoms with Gasteiger partial charge in [0.05, 0.1) is 0 Å². The van der Waals surface area contributed by atoms with Gasteiger partial charge in [-0.15, -0.1) is 0 Å². The second-order valence-electron chi connectivity index (χ2n) is 4.66. The molecule has 1 fully saturated rings. The van der Waals surface area contributed by atoms with E-state index in [-0.39, 0.29) is 11.7 Å². The number of rotatable bonds is 2. The van der Waals surface area contributed by atoms with Crippen LogP contribution in [0.2, 0.25) is 0 Å². The molecule has 1 aromatic heterocycles. The second-order valence-corrected chi connectivity index (χ2v) is 4.66. The third-order valence-electron chi connectivity index (χ3n) is 3.52. The smallest absolute Gasteiger partial charge is 0.169 e. The molecule has 2 aromatic rings. The Balaban J connectivity index is 1.95. The Morgan fingerprint density at radius 2 is 2.18 bits per heavy atom. The van der Waals surface area contributed by atoms with Gasteiger partial charge in [0.25, 0.3) is 0 Å². The Bertz CT molecular complexity index is 538. The summed E-state index contributed by atoms with van der Waals surface area (Å²) in [6, 6.07) is 7.97. The van der Waals surface area contributed by atoms with Crippen molar-refractivity contribution in [1.29, 1.82) is 0 Å². The summed E-state index contributed by atoms with van der Waals surface area (Å²) in [4.78, 5) is 15.6. The molecular formula is C14H16N2O. The lowest BCUT2D eigenvalue weighted by atomic mass is 9.91. The van der Waals surface area contributed by atoms with E-state index in [9.17, 15) is 4.79 Å². The first kappa shape index (κ1) is 10.5. The number of hydrogen-bond acceptors (Lipinski definition) is 2. The van der Waals surface area contributed by atoms with Crippen LogP contribution in [0, 0.1) is 5.92 Å². The maximum atomic E-state index is 12.4. The van der Waals surface area contributed by atoms with Gasteiger partial charge in [-0.3, -0.25) is 4.79 Å². The molecule has 1 unspecified atom stereocenters. The van der Waals surface area contributed by atoms with Crippen LogP contribution in [0.5, 0.6) is 0 Å². The summed E-state index contributed by atoms with van der Waals surface area (Å²) in [6.45, 7) is 1.86. The number of carbonyl (C=O) groups is 1. The van der Waals surface area contributed by atoms with Crippen molar-refractivity contribution < 1.29 is 4.79 Å². The summed E-state index contributed by atoms with van der Waals surface area (Å²) >= 11 is 0. The molecule has 88 valence electrons. The van der Waals surface area contributed by atoms with E-state index < -0.39 is 0 Å². The van der Waals surface area contributed by atoms with E-state index in [2.05, 4.69) is 10.3 Å². The van der Waals surface area contributed by atoms with Crippen molar-refractivity contribution >= 4 is 16.7 Å². The van der Waals surface area contributed by atoms with E-state index >= 15 is 0 Å². The SMILES string of the molecule is O=C(c1c[nH]c2ccccc12)C1CCCNC1. The average molecular weight is 228 g/mol. The van der Waals surface area contributed by atoms with Crippen LogP contribution in [0.15, 0.2) is 30.5 Å². The Morgan fingerprint density at radius 3 is 3.00 bits per heavy atom. The summed E-state index contributed by atoms with van der Waals surface area (Å²) in [5, 5.41) is 4.34. The van der Waals surface area contributed by atoms with Crippen LogP contribution in [0.25, 0.3) is 10.9 Å². The number of aromatic amines is 1. The van der Waals surface area contributed by atoms with Crippen LogP contribution in [0.1, 0.15) is 23.2 Å². The highest BCUT2D eigenvalue weighted by molar-refractivity contribution is 6.08. The Hall–Kier alpha value is -1.61. The van der Waals surface area contributed by atoms with E-state index in [1.165, 1.54) is 0 Å². The minimum atomic E-state index is 0.142. The van der Waals surface area contributed by atoms with Crippen LogP contribution in [-0.4, -0.2) is 23.9 Å². The van der Waals surface area contributed by atoms with Crippen molar-refractivity contribution in [3.8, 4) is 0 Å². The molecule has 0 saturated carbocycles. The van der Waals surface area contributed by atoms with Crippen molar-refractivity contribution in [2.45, 2.75) is 12.8 Å². The number of fused-ring (bicyclic) bond motifs is 1. The number of carbonyl (C=O) groups excluding carboxylic acids is 1. The fraction of sp³-hybridized carbons (Fsp3) is 0.357. The minimum absolute atomic E-state index is 0.142. The van der Waals surface area contributed by atoms with Gasteiger partial charge >= 0.3 is 0 Å². The third-order valence-corrected chi connectivity index (χ3v) is 3.52. The molecule has 1 atom stereocenters. The van der Waals surface area contributed by atoms with Crippen LogP contribution in [0.3, 0.4) is 0 Å². The molecule has 0 aliphatic carbocycles. The number of aromatic nitrogens is 1. The molecule has 2 heterocycles. The molecule has 3 nitrogen and oxygen atoms in total. The number of nitrogens with one attached hydrogen (secondary N) is 2. The number of para-hydroxylation sites is 1. The molecule has 1 aliphatic rings. The highest BCUT2D eigenvalue weighted by Crippen LogP contribution is 2.23. The molecule has 1 aliphatic heterocycles. The Morgan fingerprint density at radius 1 is 1.29 bits per heavy atom. The van der Waals surface area contributed by atoms with Gasteiger partial charge in [-0.05, 0) is 25.5 Å². The Labute approximate surface area is 100 Å². The lowest BCUT2D eigenvalue weighted by Gasteiger charge is -2.21. The molecule has 3 heteroatoms. The molecule has 2 N–H and O–H groups in total. The van der Waals surface area contributed by atoms with E-state index in [0.717, 1.165) is 42.4 Å². The lowest BCUT2D eigenvalue weighted by Crippen LogP contribution is -2.34. The molecule has 0 bridgehead atoms. The first-order chi connectivity index (χ1) is 8.36. The fourth-order valence-electron chi connectivity index (χ4n) is 2.57. The summed E-state index contributed by atoms with van der Waals surface area (Å²) in [6.07, 6.45) is 3.95. The monoisotopic (exact) mass is 228 g/mol. The minimum Gasteiger partial charge on any atom is -0.360 e. The normalized spacial score (nSPS) is 20.6. The average Bonchev–Trinajstić information content (AvgIpc) is 2.83. The molecular weight excluding hydrogens is 212 g/mol. The topological polar surface area (TPSA) is 44.9 Å². The Kier molecular flexibility index (Phi) is 2.69. The second kappa shape index (κ2) is 4.34. The molecule has 0 radical (unpaired) electrons. The van der Waals surface area contributed by atoms with Crippen molar-refractivity contribution in [3.05, 3.63) is 36.0 Å². The van der Waals surface area contributed by atoms with Gasteiger partial charge in [0, 0.05) is 35.1 Å². The van der Waals surface area contributed by atoms with Crippen LogP contribution in [0.4, 0.5) is 0 Å². The van der Waals surface area contributed by atoms with Gasteiger partial charge in [0.2, 0.25) is 0 Å². The molecule has 1 saturated heterocycles. The van der Waals surface area contributed by atoms with E-state index in [1.54, 1.807) is 0 Å². The van der Waals surface area contributed by atoms with Crippen molar-refractivity contribution in [3.63, 3.8) is 0 Å². The summed E-state index contributed by atoms with van der Waals surface area (Å²) in [7, 11) is 0. The number of hydrogen-bond donors (Lipinski definition) is 2. The maximum Gasteiger partial charge on any atom is 0.169 e. The first-order valence-corrected chi connectivity index (χ1v) is 6.17. The van der Waals surface area contributed by atoms with Crippen LogP contribution in [-0.2, 0) is 0 Å². The van der Waals surface area contributed by atoms with E-state index in [1.807, 2.05) is 30.5 Å². The van der Waals surface area contributed by atoms with Gasteiger partial charge in [0.15, 0.2) is 5.78 Å².